The largest absolute Gasteiger partial charge is 0.483 e. The second-order valence-electron chi connectivity index (χ2n) is 7.95. The molecule has 30 heavy (non-hydrogen) atoms. The highest BCUT2D eigenvalue weighted by Crippen LogP contribution is 2.21. The molecule has 0 saturated heterocycles. The van der Waals surface area contributed by atoms with E-state index < -0.39 is 6.04 Å². The molecule has 5 nitrogen and oxygen atoms in total. The fourth-order valence-corrected chi connectivity index (χ4v) is 3.19. The fourth-order valence-electron chi connectivity index (χ4n) is 2.92. The zero-order valence-electron chi connectivity index (χ0n) is 18.4. The van der Waals surface area contributed by atoms with Gasteiger partial charge in [0.05, 0.1) is 0 Å². The topological polar surface area (TPSA) is 58.6 Å². The molecule has 0 spiro atoms. The molecule has 0 aromatic heterocycles. The Morgan fingerprint density at radius 1 is 1.07 bits per heavy atom. The number of nitrogens with zero attached hydrogens (tertiary/aromatic N) is 1. The van der Waals surface area contributed by atoms with Gasteiger partial charge in [-0.1, -0.05) is 54.0 Å². The Morgan fingerprint density at radius 3 is 2.37 bits per heavy atom. The number of carbonyl (C=O) groups is 2. The summed E-state index contributed by atoms with van der Waals surface area (Å²) in [5.41, 5.74) is 3.06. The van der Waals surface area contributed by atoms with Crippen LogP contribution in [0.3, 0.4) is 0 Å². The van der Waals surface area contributed by atoms with Gasteiger partial charge in [-0.05, 0) is 61.6 Å². The van der Waals surface area contributed by atoms with Crippen LogP contribution in [0.25, 0.3) is 0 Å². The Kier molecular flexibility index (Phi) is 8.90. The monoisotopic (exact) mass is 474 g/mol. The first-order chi connectivity index (χ1) is 14.2. The molecule has 2 aromatic carbocycles. The lowest BCUT2D eigenvalue weighted by atomic mass is 10.1. The normalized spacial score (nSPS) is 11.8. The SMILES string of the molecule is Cc1cccc(OCC(=O)N(Cc2ccc(Br)cc2)[C@H](C)C(=O)NCC(C)C)c1C. The van der Waals surface area contributed by atoms with Crippen molar-refractivity contribution >= 4 is 27.7 Å². The van der Waals surface area contributed by atoms with E-state index in [0.29, 0.717) is 24.8 Å². The minimum Gasteiger partial charge on any atom is -0.483 e. The molecule has 0 aliphatic rings. The van der Waals surface area contributed by atoms with Crippen molar-refractivity contribution in [1.82, 2.24) is 10.2 Å². The lowest BCUT2D eigenvalue weighted by molar-refractivity contribution is -0.142. The number of aryl methyl sites for hydroxylation is 1. The van der Waals surface area contributed by atoms with E-state index in [1.807, 2.05) is 70.2 Å². The van der Waals surface area contributed by atoms with Gasteiger partial charge in [-0.2, -0.15) is 0 Å². The predicted molar refractivity (Wildman–Crippen MR) is 123 cm³/mol. The molecule has 2 rings (SSSR count). The maximum atomic E-state index is 13.1. The van der Waals surface area contributed by atoms with Gasteiger partial charge in [-0.15, -0.1) is 0 Å². The summed E-state index contributed by atoms with van der Waals surface area (Å²) >= 11 is 3.43. The molecule has 0 unspecified atom stereocenters. The highest BCUT2D eigenvalue weighted by Gasteiger charge is 2.26. The molecular formula is C24H31BrN2O3. The van der Waals surface area contributed by atoms with Crippen molar-refractivity contribution in [2.75, 3.05) is 13.2 Å². The number of nitrogens with one attached hydrogen (secondary N) is 1. The van der Waals surface area contributed by atoms with Crippen molar-refractivity contribution in [3.63, 3.8) is 0 Å². The smallest absolute Gasteiger partial charge is 0.261 e. The molecule has 2 amide bonds. The van der Waals surface area contributed by atoms with E-state index >= 15 is 0 Å². The Bertz CT molecular complexity index is 865. The quantitative estimate of drug-likeness (QED) is 0.575. The second-order valence-corrected chi connectivity index (χ2v) is 8.87. The van der Waals surface area contributed by atoms with E-state index in [2.05, 4.69) is 21.2 Å². The summed E-state index contributed by atoms with van der Waals surface area (Å²) in [6.45, 7) is 10.6. The lowest BCUT2D eigenvalue weighted by Gasteiger charge is -2.29. The van der Waals surface area contributed by atoms with Gasteiger partial charge >= 0.3 is 0 Å². The van der Waals surface area contributed by atoms with Crippen LogP contribution >= 0.6 is 15.9 Å². The van der Waals surface area contributed by atoms with E-state index in [1.54, 1.807) is 11.8 Å². The standard InChI is InChI=1S/C24H31BrN2O3/c1-16(2)13-26-24(29)19(5)27(14-20-9-11-21(25)12-10-20)23(28)15-30-22-8-6-7-17(3)18(22)4/h6-12,16,19H,13-15H2,1-5H3,(H,26,29)/t19-/m1/s1. The average Bonchev–Trinajstić information content (AvgIpc) is 2.71. The molecule has 0 radical (unpaired) electrons. The van der Waals surface area contributed by atoms with Crippen LogP contribution in [0.4, 0.5) is 0 Å². The third-order valence-corrected chi connectivity index (χ3v) is 5.55. The average molecular weight is 475 g/mol. The second kappa shape index (κ2) is 11.2. The van der Waals surface area contributed by atoms with Crippen LogP contribution in [-0.2, 0) is 16.1 Å². The number of rotatable bonds is 9. The molecule has 0 aliphatic carbocycles. The van der Waals surface area contributed by atoms with E-state index in [1.165, 1.54) is 0 Å². The number of halogens is 1. The molecule has 1 N–H and O–H groups in total. The molecule has 162 valence electrons. The van der Waals surface area contributed by atoms with Crippen LogP contribution in [0.5, 0.6) is 5.75 Å². The minimum atomic E-state index is -0.609. The fraction of sp³-hybridized carbons (Fsp3) is 0.417. The van der Waals surface area contributed by atoms with Crippen LogP contribution in [0.2, 0.25) is 0 Å². The number of hydrogen-bond donors (Lipinski definition) is 1. The molecule has 0 heterocycles. The van der Waals surface area contributed by atoms with Gasteiger partial charge in [0.1, 0.15) is 11.8 Å². The summed E-state index contributed by atoms with van der Waals surface area (Å²) in [7, 11) is 0. The van der Waals surface area contributed by atoms with Crippen molar-refractivity contribution in [1.29, 1.82) is 0 Å². The molecule has 0 bridgehead atoms. The third-order valence-electron chi connectivity index (χ3n) is 5.02. The Hall–Kier alpha value is -2.34. The highest BCUT2D eigenvalue weighted by molar-refractivity contribution is 9.10. The zero-order valence-corrected chi connectivity index (χ0v) is 20.0. The predicted octanol–water partition coefficient (Wildman–Crippen LogP) is 4.63. The van der Waals surface area contributed by atoms with Gasteiger partial charge in [0, 0.05) is 17.6 Å². The number of ether oxygens (including phenoxy) is 1. The first-order valence-corrected chi connectivity index (χ1v) is 11.0. The maximum absolute atomic E-state index is 13.1. The number of hydrogen-bond acceptors (Lipinski definition) is 3. The van der Waals surface area contributed by atoms with E-state index in [4.69, 9.17) is 4.74 Å². The van der Waals surface area contributed by atoms with Crippen molar-refractivity contribution < 1.29 is 14.3 Å². The van der Waals surface area contributed by atoms with Crippen molar-refractivity contribution in [2.45, 2.75) is 47.2 Å². The van der Waals surface area contributed by atoms with Crippen LogP contribution in [0.1, 0.15) is 37.5 Å². The Morgan fingerprint density at radius 2 is 1.73 bits per heavy atom. The lowest BCUT2D eigenvalue weighted by Crippen LogP contribution is -2.49. The maximum Gasteiger partial charge on any atom is 0.261 e. The molecule has 2 aromatic rings. The highest BCUT2D eigenvalue weighted by atomic mass is 79.9. The van der Waals surface area contributed by atoms with Crippen molar-refractivity contribution in [2.24, 2.45) is 5.92 Å². The molecule has 1 atom stereocenters. The summed E-state index contributed by atoms with van der Waals surface area (Å²) < 4.78 is 6.78. The van der Waals surface area contributed by atoms with Gasteiger partial charge in [0.2, 0.25) is 5.91 Å². The number of benzene rings is 2. The first-order valence-electron chi connectivity index (χ1n) is 10.2. The van der Waals surface area contributed by atoms with E-state index in [-0.39, 0.29) is 18.4 Å². The first kappa shape index (κ1) is 23.9. The summed E-state index contributed by atoms with van der Waals surface area (Å²) in [6, 6.07) is 12.9. The molecule has 0 fully saturated rings. The van der Waals surface area contributed by atoms with Crippen LogP contribution in [0, 0.1) is 19.8 Å². The van der Waals surface area contributed by atoms with Crippen molar-refractivity contribution in [3.8, 4) is 5.75 Å². The van der Waals surface area contributed by atoms with Crippen LogP contribution in [-0.4, -0.2) is 35.9 Å². The third kappa shape index (κ3) is 6.87. The number of amides is 2. The summed E-state index contributed by atoms with van der Waals surface area (Å²) in [6.07, 6.45) is 0. The van der Waals surface area contributed by atoms with Gasteiger partial charge in [0.15, 0.2) is 6.61 Å². The van der Waals surface area contributed by atoms with E-state index in [0.717, 1.165) is 21.2 Å². The summed E-state index contributed by atoms with van der Waals surface area (Å²) in [5.74, 6) is 0.625. The molecule has 0 aliphatic heterocycles. The van der Waals surface area contributed by atoms with Gasteiger partial charge in [-0.25, -0.2) is 0 Å². The molecular weight excluding hydrogens is 444 g/mol. The summed E-state index contributed by atoms with van der Waals surface area (Å²) in [4.78, 5) is 27.3. The van der Waals surface area contributed by atoms with Crippen LogP contribution < -0.4 is 10.1 Å². The van der Waals surface area contributed by atoms with Crippen molar-refractivity contribution in [3.05, 3.63) is 63.6 Å². The summed E-state index contributed by atoms with van der Waals surface area (Å²) in [5, 5.41) is 2.92. The number of carbonyl (C=O) groups excluding carboxylic acids is 2. The van der Waals surface area contributed by atoms with Gasteiger partial charge < -0.3 is 15.0 Å². The van der Waals surface area contributed by atoms with Gasteiger partial charge in [-0.3, -0.25) is 9.59 Å². The minimum absolute atomic E-state index is 0.122. The molecule has 0 saturated carbocycles. The zero-order chi connectivity index (χ0) is 22.3. The van der Waals surface area contributed by atoms with Crippen LogP contribution in [0.15, 0.2) is 46.9 Å². The Labute approximate surface area is 187 Å². The molecule has 6 heteroatoms. The van der Waals surface area contributed by atoms with E-state index in [9.17, 15) is 9.59 Å². The Balaban J connectivity index is 2.15. The van der Waals surface area contributed by atoms with Gasteiger partial charge in [0.25, 0.3) is 5.91 Å².